The van der Waals surface area contributed by atoms with Crippen LogP contribution in [0.1, 0.15) is 20.8 Å². The maximum atomic E-state index is 14.4. The Hall–Kier alpha value is -2.87. The molecule has 1 aromatic heterocycles. The number of benzene rings is 1. The predicted octanol–water partition coefficient (Wildman–Crippen LogP) is 2.28. The van der Waals surface area contributed by atoms with Crippen LogP contribution in [0.15, 0.2) is 18.2 Å². The standard InChI is InChI=1S/C15H13ClFN3O4/c1-23-14(21)6-3-4-7(8(18)5-6)12-10(17)11(19)9(16)13(20-12)15(22)24-2/h3-5H,18H2,1-2H3,(H2,19,20). The average Bonchev–Trinajstić information content (AvgIpc) is 2.59. The molecule has 0 aliphatic heterocycles. The van der Waals surface area contributed by atoms with Crippen LogP contribution in [0.4, 0.5) is 15.8 Å². The lowest BCUT2D eigenvalue weighted by molar-refractivity contribution is 0.0588. The number of ether oxygens (including phenoxy) is 2. The summed E-state index contributed by atoms with van der Waals surface area (Å²) in [6.07, 6.45) is 0. The van der Waals surface area contributed by atoms with Crippen molar-refractivity contribution in [2.24, 2.45) is 0 Å². The number of rotatable bonds is 3. The van der Waals surface area contributed by atoms with E-state index in [2.05, 4.69) is 14.5 Å². The quantitative estimate of drug-likeness (QED) is 0.642. The molecule has 24 heavy (non-hydrogen) atoms. The summed E-state index contributed by atoms with van der Waals surface area (Å²) in [5, 5.41) is -0.354. The largest absolute Gasteiger partial charge is 0.465 e. The topological polar surface area (TPSA) is 118 Å². The summed E-state index contributed by atoms with van der Waals surface area (Å²) in [5.74, 6) is -2.42. The van der Waals surface area contributed by atoms with E-state index in [-0.39, 0.29) is 33.2 Å². The van der Waals surface area contributed by atoms with Gasteiger partial charge in [0.1, 0.15) is 5.69 Å². The van der Waals surface area contributed by atoms with Gasteiger partial charge in [-0.05, 0) is 18.2 Å². The number of carbonyl (C=O) groups is 2. The number of esters is 2. The lowest BCUT2D eigenvalue weighted by Gasteiger charge is -2.12. The van der Waals surface area contributed by atoms with E-state index in [1.807, 2.05) is 0 Å². The molecule has 0 aliphatic carbocycles. The summed E-state index contributed by atoms with van der Waals surface area (Å²) < 4.78 is 23.5. The lowest BCUT2D eigenvalue weighted by atomic mass is 10.0. The van der Waals surface area contributed by atoms with Gasteiger partial charge in [0.15, 0.2) is 11.5 Å². The van der Waals surface area contributed by atoms with Crippen molar-refractivity contribution in [2.45, 2.75) is 0 Å². The molecule has 126 valence electrons. The maximum Gasteiger partial charge on any atom is 0.358 e. The molecule has 0 radical (unpaired) electrons. The molecule has 4 N–H and O–H groups in total. The molecule has 0 bridgehead atoms. The summed E-state index contributed by atoms with van der Waals surface area (Å²) >= 11 is 5.84. The van der Waals surface area contributed by atoms with Gasteiger partial charge >= 0.3 is 11.9 Å². The van der Waals surface area contributed by atoms with E-state index in [0.29, 0.717) is 0 Å². The molecule has 0 unspecified atom stereocenters. The van der Waals surface area contributed by atoms with Crippen molar-refractivity contribution in [3.8, 4) is 11.3 Å². The van der Waals surface area contributed by atoms with Crippen LogP contribution in [0.3, 0.4) is 0 Å². The third-order valence-corrected chi connectivity index (χ3v) is 3.60. The molecule has 0 spiro atoms. The Bertz CT molecular complexity index is 842. The third kappa shape index (κ3) is 2.95. The monoisotopic (exact) mass is 353 g/mol. The Kier molecular flexibility index (Phi) is 4.89. The van der Waals surface area contributed by atoms with Gasteiger partial charge in [-0.2, -0.15) is 0 Å². The second-order valence-corrected chi connectivity index (χ2v) is 5.01. The normalized spacial score (nSPS) is 10.3. The average molecular weight is 354 g/mol. The second-order valence-electron chi connectivity index (χ2n) is 4.64. The van der Waals surface area contributed by atoms with Crippen LogP contribution in [-0.2, 0) is 9.47 Å². The van der Waals surface area contributed by atoms with Gasteiger partial charge in [0.25, 0.3) is 0 Å². The molecule has 0 fully saturated rings. The Morgan fingerprint density at radius 1 is 1.17 bits per heavy atom. The van der Waals surface area contributed by atoms with Gasteiger partial charge < -0.3 is 20.9 Å². The van der Waals surface area contributed by atoms with Crippen LogP contribution in [-0.4, -0.2) is 31.1 Å². The van der Waals surface area contributed by atoms with Crippen LogP contribution in [0, 0.1) is 5.82 Å². The number of nitrogen functional groups attached to an aromatic ring is 2. The molecule has 7 nitrogen and oxygen atoms in total. The highest BCUT2D eigenvalue weighted by Crippen LogP contribution is 2.35. The van der Waals surface area contributed by atoms with E-state index in [0.717, 1.165) is 7.11 Å². The minimum atomic E-state index is -0.940. The van der Waals surface area contributed by atoms with Gasteiger partial charge in [0, 0.05) is 11.3 Å². The smallest absolute Gasteiger partial charge is 0.358 e. The van der Waals surface area contributed by atoms with Crippen molar-refractivity contribution in [1.82, 2.24) is 4.98 Å². The zero-order valence-corrected chi connectivity index (χ0v) is 13.5. The number of aromatic nitrogens is 1. The second kappa shape index (κ2) is 6.71. The molecule has 2 rings (SSSR count). The minimum Gasteiger partial charge on any atom is -0.465 e. The number of hydrogen-bond donors (Lipinski definition) is 2. The first-order chi connectivity index (χ1) is 11.3. The zero-order chi connectivity index (χ0) is 18.0. The number of hydrogen-bond acceptors (Lipinski definition) is 7. The molecule has 2 aromatic rings. The van der Waals surface area contributed by atoms with Crippen LogP contribution in [0.25, 0.3) is 11.3 Å². The highest BCUT2D eigenvalue weighted by atomic mass is 35.5. The first-order valence-corrected chi connectivity index (χ1v) is 6.90. The molecule has 0 saturated carbocycles. The third-order valence-electron chi connectivity index (χ3n) is 3.22. The molecule has 1 aromatic carbocycles. The van der Waals surface area contributed by atoms with E-state index in [1.54, 1.807) is 0 Å². The van der Waals surface area contributed by atoms with Crippen molar-refractivity contribution in [1.29, 1.82) is 0 Å². The molecule has 0 atom stereocenters. The summed E-state index contributed by atoms with van der Waals surface area (Å²) in [4.78, 5) is 27.1. The van der Waals surface area contributed by atoms with E-state index in [9.17, 15) is 14.0 Å². The number of carbonyl (C=O) groups excluding carboxylic acids is 2. The number of pyridine rings is 1. The molecule has 0 saturated heterocycles. The van der Waals surface area contributed by atoms with Gasteiger partial charge in [-0.3, -0.25) is 0 Å². The Labute approximate surface area is 141 Å². The fourth-order valence-corrected chi connectivity index (χ4v) is 2.20. The summed E-state index contributed by atoms with van der Waals surface area (Å²) in [7, 11) is 2.34. The van der Waals surface area contributed by atoms with Crippen molar-refractivity contribution < 1.29 is 23.5 Å². The SMILES string of the molecule is COC(=O)c1ccc(-c2nc(C(=O)OC)c(Cl)c(N)c2F)c(N)c1. The number of methoxy groups -OCH3 is 2. The molecule has 0 amide bonds. The fourth-order valence-electron chi connectivity index (χ4n) is 2.00. The first kappa shape index (κ1) is 17.5. The van der Waals surface area contributed by atoms with Gasteiger partial charge in [-0.25, -0.2) is 19.0 Å². The highest BCUT2D eigenvalue weighted by Gasteiger charge is 2.24. The number of nitrogens with zero attached hydrogens (tertiary/aromatic N) is 1. The molecule has 1 heterocycles. The van der Waals surface area contributed by atoms with Gasteiger partial charge in [0.05, 0.1) is 30.5 Å². The molecule has 9 heteroatoms. The van der Waals surface area contributed by atoms with Crippen molar-refractivity contribution in [3.05, 3.63) is 40.3 Å². The summed E-state index contributed by atoms with van der Waals surface area (Å²) in [5.41, 5.74) is 10.7. The number of anilines is 2. The van der Waals surface area contributed by atoms with E-state index >= 15 is 0 Å². The van der Waals surface area contributed by atoms with Crippen LogP contribution >= 0.6 is 11.6 Å². The molecule has 0 aliphatic rings. The van der Waals surface area contributed by atoms with Crippen molar-refractivity contribution >= 4 is 34.9 Å². The van der Waals surface area contributed by atoms with Crippen LogP contribution in [0.2, 0.25) is 5.02 Å². The lowest BCUT2D eigenvalue weighted by Crippen LogP contribution is -2.11. The highest BCUT2D eigenvalue weighted by molar-refractivity contribution is 6.35. The Morgan fingerprint density at radius 2 is 1.79 bits per heavy atom. The van der Waals surface area contributed by atoms with E-state index in [1.165, 1.54) is 25.3 Å². The summed E-state index contributed by atoms with van der Waals surface area (Å²) in [6, 6.07) is 4.04. The van der Waals surface area contributed by atoms with Gasteiger partial charge in [0.2, 0.25) is 0 Å². The van der Waals surface area contributed by atoms with E-state index < -0.39 is 23.4 Å². The fraction of sp³-hybridized carbons (Fsp3) is 0.133. The van der Waals surface area contributed by atoms with Crippen molar-refractivity contribution in [2.75, 3.05) is 25.7 Å². The predicted molar refractivity (Wildman–Crippen MR) is 86.1 cm³/mol. The summed E-state index contributed by atoms with van der Waals surface area (Å²) in [6.45, 7) is 0. The van der Waals surface area contributed by atoms with Crippen LogP contribution in [0.5, 0.6) is 0 Å². The number of halogens is 2. The van der Waals surface area contributed by atoms with Gasteiger partial charge in [-0.15, -0.1) is 0 Å². The first-order valence-electron chi connectivity index (χ1n) is 6.52. The van der Waals surface area contributed by atoms with Crippen molar-refractivity contribution in [3.63, 3.8) is 0 Å². The van der Waals surface area contributed by atoms with Gasteiger partial charge in [-0.1, -0.05) is 11.6 Å². The minimum absolute atomic E-state index is 0.0434. The molecular formula is C15H13ClFN3O4. The number of nitrogens with two attached hydrogens (primary N) is 2. The van der Waals surface area contributed by atoms with Crippen LogP contribution < -0.4 is 11.5 Å². The van der Waals surface area contributed by atoms with E-state index in [4.69, 9.17) is 23.1 Å². The maximum absolute atomic E-state index is 14.4. The molecular weight excluding hydrogens is 341 g/mol. The zero-order valence-electron chi connectivity index (χ0n) is 12.7. The Morgan fingerprint density at radius 3 is 2.33 bits per heavy atom. The Balaban J connectivity index is 2.66.